The molecule has 0 radical (unpaired) electrons. The Labute approximate surface area is 254 Å². The number of ketones is 1. The average molecular weight is 609 g/mol. The second-order valence-electron chi connectivity index (χ2n) is 9.73. The highest BCUT2D eigenvalue weighted by Crippen LogP contribution is 2.45. The normalized spacial score (nSPS) is 15.9. The Hall–Kier alpha value is -4.38. The highest BCUT2D eigenvalue weighted by Gasteiger charge is 2.48. The molecule has 4 rings (SSSR count). The fourth-order valence-corrected chi connectivity index (χ4v) is 5.77. The summed E-state index contributed by atoms with van der Waals surface area (Å²) in [7, 11) is 1.50. The van der Waals surface area contributed by atoms with Gasteiger partial charge in [-0.2, -0.15) is 0 Å². The van der Waals surface area contributed by atoms with Gasteiger partial charge >= 0.3 is 11.9 Å². The van der Waals surface area contributed by atoms with Crippen LogP contribution in [0.3, 0.4) is 0 Å². The number of unbranched alkanes of at least 4 members (excludes halogenated alkanes) is 2. The molecule has 43 heavy (non-hydrogen) atoms. The standard InChI is InChI=1S/C32H36N2O8S/c1-6-9-10-16-42-23-15-14-20(18-24(23)39-5)26-25(27(35)21-12-11-13-22(17-21)40-7-2)28(36)30(37)34(26)32-33-19(4)29(43-32)31(38)41-8-3/h11-15,17-18,26,35H,6-10,16H2,1-5H3/b27-25+. The second kappa shape index (κ2) is 14.2. The monoisotopic (exact) mass is 608 g/mol. The molecule has 1 aromatic heterocycles. The Bertz CT molecular complexity index is 1530. The quantitative estimate of drug-likeness (QED) is 0.0790. The molecule has 0 bridgehead atoms. The van der Waals surface area contributed by atoms with Crippen molar-refractivity contribution in [2.24, 2.45) is 0 Å². The number of aryl methyl sites for hydroxylation is 1. The molecule has 1 N–H and O–H groups in total. The molecule has 0 aliphatic carbocycles. The smallest absolute Gasteiger partial charge is 0.350 e. The van der Waals surface area contributed by atoms with E-state index in [1.54, 1.807) is 56.3 Å². The van der Waals surface area contributed by atoms with Gasteiger partial charge in [0.25, 0.3) is 5.78 Å². The first kappa shape index (κ1) is 31.6. The number of carbonyl (C=O) groups is 3. The topological polar surface area (TPSA) is 124 Å². The van der Waals surface area contributed by atoms with Gasteiger partial charge < -0.3 is 24.1 Å². The summed E-state index contributed by atoms with van der Waals surface area (Å²) in [5.74, 6) is -1.32. The van der Waals surface area contributed by atoms with Crippen LogP contribution in [0.2, 0.25) is 0 Å². The maximum Gasteiger partial charge on any atom is 0.350 e. The third-order valence-electron chi connectivity index (χ3n) is 6.82. The summed E-state index contributed by atoms with van der Waals surface area (Å²) < 4.78 is 22.3. The van der Waals surface area contributed by atoms with Gasteiger partial charge in [0.15, 0.2) is 16.6 Å². The highest BCUT2D eigenvalue weighted by atomic mass is 32.1. The zero-order chi connectivity index (χ0) is 31.1. The summed E-state index contributed by atoms with van der Waals surface area (Å²) in [4.78, 5) is 45.7. The SMILES string of the molecule is CCCCCOc1ccc(C2/C(=C(\O)c3cccc(OCC)c3)C(=O)C(=O)N2c2nc(C)c(C(=O)OCC)s2)cc1OC. The number of hydrogen-bond acceptors (Lipinski definition) is 10. The van der Waals surface area contributed by atoms with Crippen molar-refractivity contribution in [3.05, 3.63) is 69.7 Å². The number of rotatable bonds is 13. The van der Waals surface area contributed by atoms with E-state index in [1.165, 1.54) is 12.0 Å². The van der Waals surface area contributed by atoms with Crippen LogP contribution in [-0.4, -0.2) is 54.7 Å². The van der Waals surface area contributed by atoms with Crippen molar-refractivity contribution >= 4 is 39.9 Å². The van der Waals surface area contributed by atoms with Gasteiger partial charge in [0, 0.05) is 5.56 Å². The van der Waals surface area contributed by atoms with Gasteiger partial charge in [0.1, 0.15) is 16.4 Å². The van der Waals surface area contributed by atoms with Gasteiger partial charge in [0.05, 0.1) is 44.2 Å². The first-order valence-electron chi connectivity index (χ1n) is 14.2. The Morgan fingerprint density at radius 1 is 1.02 bits per heavy atom. The molecule has 1 fully saturated rings. The van der Waals surface area contributed by atoms with E-state index in [1.807, 2.05) is 6.92 Å². The van der Waals surface area contributed by atoms with E-state index in [0.29, 0.717) is 47.3 Å². The minimum absolute atomic E-state index is 0.119. The van der Waals surface area contributed by atoms with Crippen LogP contribution in [0, 0.1) is 6.92 Å². The molecule has 11 heteroatoms. The zero-order valence-corrected chi connectivity index (χ0v) is 25.8. The van der Waals surface area contributed by atoms with Crippen molar-refractivity contribution < 1.29 is 38.4 Å². The number of ether oxygens (including phenoxy) is 4. The first-order chi connectivity index (χ1) is 20.7. The first-order valence-corrected chi connectivity index (χ1v) is 15.1. The van der Waals surface area contributed by atoms with Crippen molar-refractivity contribution in [1.29, 1.82) is 0 Å². The van der Waals surface area contributed by atoms with Crippen LogP contribution in [0.1, 0.15) is 72.6 Å². The van der Waals surface area contributed by atoms with Gasteiger partial charge in [0.2, 0.25) is 0 Å². The molecule has 1 saturated heterocycles. The molecule has 2 heterocycles. The summed E-state index contributed by atoms with van der Waals surface area (Å²) in [6.45, 7) is 8.36. The summed E-state index contributed by atoms with van der Waals surface area (Å²) in [5, 5.41) is 11.7. The lowest BCUT2D eigenvalue weighted by molar-refractivity contribution is -0.132. The lowest BCUT2D eigenvalue weighted by atomic mass is 9.95. The Kier molecular flexibility index (Phi) is 10.4. The predicted octanol–water partition coefficient (Wildman–Crippen LogP) is 6.23. The maximum atomic E-state index is 13.6. The second-order valence-corrected chi connectivity index (χ2v) is 10.7. The number of anilines is 1. The summed E-state index contributed by atoms with van der Waals surface area (Å²) in [5.41, 5.74) is 1.00. The number of aromatic nitrogens is 1. The highest BCUT2D eigenvalue weighted by molar-refractivity contribution is 7.17. The van der Waals surface area contributed by atoms with Crippen molar-refractivity contribution in [2.45, 2.75) is 53.0 Å². The van der Waals surface area contributed by atoms with Crippen molar-refractivity contribution in [3.8, 4) is 17.2 Å². The van der Waals surface area contributed by atoms with Crippen LogP contribution < -0.4 is 19.1 Å². The number of amides is 1. The van der Waals surface area contributed by atoms with Crippen molar-refractivity contribution in [2.75, 3.05) is 31.8 Å². The Morgan fingerprint density at radius 3 is 2.51 bits per heavy atom. The largest absolute Gasteiger partial charge is 0.507 e. The van der Waals surface area contributed by atoms with Gasteiger partial charge in [-0.15, -0.1) is 0 Å². The lowest BCUT2D eigenvalue weighted by Gasteiger charge is -2.24. The van der Waals surface area contributed by atoms with Crippen LogP contribution in [-0.2, 0) is 14.3 Å². The van der Waals surface area contributed by atoms with Gasteiger partial charge in [-0.25, -0.2) is 9.78 Å². The molecule has 228 valence electrons. The molecule has 0 saturated carbocycles. The number of carbonyl (C=O) groups excluding carboxylic acids is 3. The third kappa shape index (κ3) is 6.67. The van der Waals surface area contributed by atoms with E-state index in [-0.39, 0.29) is 27.9 Å². The van der Waals surface area contributed by atoms with Gasteiger partial charge in [-0.1, -0.05) is 49.3 Å². The summed E-state index contributed by atoms with van der Waals surface area (Å²) in [6, 6.07) is 10.7. The van der Waals surface area contributed by atoms with E-state index in [0.717, 1.165) is 30.6 Å². The van der Waals surface area contributed by atoms with Crippen molar-refractivity contribution in [3.63, 3.8) is 0 Å². The minimum Gasteiger partial charge on any atom is -0.507 e. The predicted molar refractivity (Wildman–Crippen MR) is 163 cm³/mol. The van der Waals surface area contributed by atoms with Gasteiger partial charge in [-0.05, 0) is 57.0 Å². The number of thiazole rings is 1. The van der Waals surface area contributed by atoms with E-state index < -0.39 is 23.7 Å². The fourth-order valence-electron chi connectivity index (χ4n) is 4.78. The Morgan fingerprint density at radius 2 is 1.81 bits per heavy atom. The number of methoxy groups -OCH3 is 1. The van der Waals surface area contributed by atoms with Crippen molar-refractivity contribution in [1.82, 2.24) is 4.98 Å². The number of benzene rings is 2. The van der Waals surface area contributed by atoms with Crippen LogP contribution >= 0.6 is 11.3 Å². The molecular weight excluding hydrogens is 572 g/mol. The lowest BCUT2D eigenvalue weighted by Crippen LogP contribution is -2.29. The molecule has 0 spiro atoms. The molecule has 2 aromatic carbocycles. The molecular formula is C32H36N2O8S. The number of Topliss-reactive ketones (excluding diaryl/α,β-unsaturated/α-hetero) is 1. The molecule has 1 unspecified atom stereocenters. The number of aliphatic hydroxyl groups excluding tert-OH is 1. The molecule has 1 atom stereocenters. The summed E-state index contributed by atoms with van der Waals surface area (Å²) in [6.07, 6.45) is 2.97. The van der Waals surface area contributed by atoms with Crippen LogP contribution in [0.4, 0.5) is 5.13 Å². The molecule has 1 aliphatic heterocycles. The van der Waals surface area contributed by atoms with Gasteiger partial charge in [-0.3, -0.25) is 14.5 Å². The number of esters is 1. The van der Waals surface area contributed by atoms with E-state index in [9.17, 15) is 19.5 Å². The van der Waals surface area contributed by atoms with Crippen LogP contribution in [0.15, 0.2) is 48.0 Å². The maximum absolute atomic E-state index is 13.6. The number of aliphatic hydroxyl groups is 1. The van der Waals surface area contributed by atoms with Crippen LogP contribution in [0.5, 0.6) is 17.2 Å². The third-order valence-corrected chi connectivity index (χ3v) is 7.96. The molecule has 1 aliphatic rings. The molecule has 10 nitrogen and oxygen atoms in total. The number of nitrogens with zero attached hydrogens (tertiary/aromatic N) is 2. The van der Waals surface area contributed by atoms with Crippen LogP contribution in [0.25, 0.3) is 5.76 Å². The minimum atomic E-state index is -1.08. The van der Waals surface area contributed by atoms with E-state index in [4.69, 9.17) is 18.9 Å². The summed E-state index contributed by atoms with van der Waals surface area (Å²) >= 11 is 0.943. The molecule has 1 amide bonds. The van der Waals surface area contributed by atoms with E-state index >= 15 is 0 Å². The number of hydrogen-bond donors (Lipinski definition) is 1. The Balaban J connectivity index is 1.87. The average Bonchev–Trinajstić information content (AvgIpc) is 3.51. The fraction of sp³-hybridized carbons (Fsp3) is 0.375. The zero-order valence-electron chi connectivity index (χ0n) is 25.0. The molecule has 3 aromatic rings. The van der Waals surface area contributed by atoms with E-state index in [2.05, 4.69) is 11.9 Å².